The Kier molecular flexibility index (Phi) is 8.06. The summed E-state index contributed by atoms with van der Waals surface area (Å²) in [5.41, 5.74) is 5.43. The second-order valence-electron chi connectivity index (χ2n) is 5.97. The van der Waals surface area contributed by atoms with Gasteiger partial charge >= 0.3 is 0 Å². The zero-order chi connectivity index (χ0) is 18.6. The molecule has 5 heteroatoms. The smallest absolute Gasteiger partial charge is 0.240 e. The van der Waals surface area contributed by atoms with E-state index >= 15 is 0 Å². The topological polar surface area (TPSA) is 70.6 Å². The number of rotatable bonds is 9. The number of hydrogen-bond acceptors (Lipinski definition) is 3. The number of hydrogen-bond donors (Lipinski definition) is 2. The minimum absolute atomic E-state index is 0.109. The molecule has 0 radical (unpaired) electrons. The first-order chi connectivity index (χ1) is 12.7. The number of carbonyl (C=O) groups excluding carboxylic acids is 2. The molecule has 2 amide bonds. The first-order valence-corrected chi connectivity index (χ1v) is 8.90. The average Bonchev–Trinajstić information content (AvgIpc) is 2.69. The van der Waals surface area contributed by atoms with E-state index in [1.807, 2.05) is 60.7 Å². The van der Waals surface area contributed by atoms with E-state index in [1.165, 1.54) is 0 Å². The molecule has 2 aromatic carbocycles. The summed E-state index contributed by atoms with van der Waals surface area (Å²) in [5, 5.41) is 7.05. The zero-order valence-electron chi connectivity index (χ0n) is 15.1. The lowest BCUT2D eigenvalue weighted by Gasteiger charge is -2.07. The molecule has 0 aliphatic heterocycles. The summed E-state index contributed by atoms with van der Waals surface area (Å²) in [7, 11) is 0. The van der Waals surface area contributed by atoms with Gasteiger partial charge in [-0.2, -0.15) is 5.10 Å². The lowest BCUT2D eigenvalue weighted by Crippen LogP contribution is -2.26. The van der Waals surface area contributed by atoms with Crippen molar-refractivity contribution < 1.29 is 9.59 Å². The van der Waals surface area contributed by atoms with E-state index in [9.17, 15) is 9.59 Å². The maximum Gasteiger partial charge on any atom is 0.240 e. The van der Waals surface area contributed by atoms with Crippen LogP contribution in [0.1, 0.15) is 43.7 Å². The van der Waals surface area contributed by atoms with Gasteiger partial charge in [0.05, 0.1) is 5.71 Å². The van der Waals surface area contributed by atoms with E-state index in [-0.39, 0.29) is 24.7 Å². The Morgan fingerprint density at radius 2 is 1.46 bits per heavy atom. The molecular formula is C21H25N3O2. The molecule has 0 aliphatic carbocycles. The van der Waals surface area contributed by atoms with Crippen molar-refractivity contribution in [2.24, 2.45) is 5.10 Å². The Morgan fingerprint density at radius 1 is 0.846 bits per heavy atom. The third kappa shape index (κ3) is 6.89. The maximum atomic E-state index is 12.0. The van der Waals surface area contributed by atoms with Crippen LogP contribution in [0.25, 0.3) is 0 Å². The van der Waals surface area contributed by atoms with Crippen LogP contribution in [0.2, 0.25) is 0 Å². The van der Waals surface area contributed by atoms with E-state index < -0.39 is 0 Å². The molecule has 0 atom stereocenters. The molecule has 0 bridgehead atoms. The predicted molar refractivity (Wildman–Crippen MR) is 104 cm³/mol. The Morgan fingerprint density at radius 3 is 2.12 bits per heavy atom. The van der Waals surface area contributed by atoms with E-state index in [4.69, 9.17) is 0 Å². The molecule has 0 aromatic heterocycles. The van der Waals surface area contributed by atoms with Gasteiger partial charge in [0.15, 0.2) is 0 Å². The molecule has 0 saturated carbocycles. The summed E-state index contributed by atoms with van der Waals surface area (Å²) < 4.78 is 0. The summed E-state index contributed by atoms with van der Waals surface area (Å²) in [6, 6.07) is 19.4. The van der Waals surface area contributed by atoms with Crippen molar-refractivity contribution in [3.63, 3.8) is 0 Å². The minimum Gasteiger partial charge on any atom is -0.352 e. The molecule has 26 heavy (non-hydrogen) atoms. The van der Waals surface area contributed by atoms with Crippen molar-refractivity contribution >= 4 is 17.5 Å². The second-order valence-corrected chi connectivity index (χ2v) is 5.97. The normalized spacial score (nSPS) is 11.0. The quantitative estimate of drug-likeness (QED) is 0.537. The molecule has 0 saturated heterocycles. The fraction of sp³-hybridized carbons (Fsp3) is 0.286. The lowest BCUT2D eigenvalue weighted by atomic mass is 10.1. The van der Waals surface area contributed by atoms with Crippen LogP contribution in [0, 0.1) is 0 Å². The van der Waals surface area contributed by atoms with Crippen molar-refractivity contribution in [1.29, 1.82) is 0 Å². The minimum atomic E-state index is -0.260. The summed E-state index contributed by atoms with van der Waals surface area (Å²) in [6.45, 7) is 2.53. The van der Waals surface area contributed by atoms with E-state index in [0.717, 1.165) is 29.7 Å². The van der Waals surface area contributed by atoms with Crippen molar-refractivity contribution in [3.8, 4) is 0 Å². The van der Waals surface area contributed by atoms with Gasteiger partial charge in [-0.15, -0.1) is 0 Å². The monoisotopic (exact) mass is 351 g/mol. The average molecular weight is 351 g/mol. The molecule has 5 nitrogen and oxygen atoms in total. The third-order valence-electron chi connectivity index (χ3n) is 3.82. The Balaban J connectivity index is 1.77. The number of nitrogens with zero attached hydrogens (tertiary/aromatic N) is 1. The van der Waals surface area contributed by atoms with Crippen molar-refractivity contribution in [1.82, 2.24) is 10.7 Å². The summed E-state index contributed by atoms with van der Waals surface area (Å²) >= 11 is 0. The standard InChI is InChI=1S/C21H25N3O2/c1-2-9-19(18-12-7-4-8-13-18)23-24-21(26)15-14-20(25)22-16-17-10-5-3-6-11-17/h3-8,10-13H,2,9,14-16H2,1H3,(H,22,25)(H,24,26)/b23-19-. The number of nitrogens with one attached hydrogen (secondary N) is 2. The molecule has 0 aliphatic rings. The van der Waals surface area contributed by atoms with E-state index in [0.29, 0.717) is 6.54 Å². The summed E-state index contributed by atoms with van der Waals surface area (Å²) in [6.07, 6.45) is 1.97. The van der Waals surface area contributed by atoms with Gasteiger partial charge in [0.2, 0.25) is 11.8 Å². The zero-order valence-corrected chi connectivity index (χ0v) is 15.1. The van der Waals surface area contributed by atoms with Crippen LogP contribution in [0.15, 0.2) is 65.8 Å². The summed E-state index contributed by atoms with van der Waals surface area (Å²) in [5.74, 6) is -0.408. The van der Waals surface area contributed by atoms with Crippen LogP contribution in [0.4, 0.5) is 0 Å². The molecule has 0 fully saturated rings. The van der Waals surface area contributed by atoms with Crippen LogP contribution >= 0.6 is 0 Å². The van der Waals surface area contributed by atoms with Crippen molar-refractivity contribution in [2.75, 3.05) is 0 Å². The van der Waals surface area contributed by atoms with Gasteiger partial charge in [0.1, 0.15) is 0 Å². The van der Waals surface area contributed by atoms with Gasteiger partial charge in [-0.05, 0) is 17.5 Å². The summed E-state index contributed by atoms with van der Waals surface area (Å²) in [4.78, 5) is 23.8. The Labute approximate surface area is 154 Å². The highest BCUT2D eigenvalue weighted by Crippen LogP contribution is 2.06. The molecule has 2 N–H and O–H groups in total. The van der Waals surface area contributed by atoms with Gasteiger partial charge < -0.3 is 5.32 Å². The van der Waals surface area contributed by atoms with Gasteiger partial charge in [-0.3, -0.25) is 9.59 Å². The first-order valence-electron chi connectivity index (χ1n) is 8.90. The van der Waals surface area contributed by atoms with Gasteiger partial charge in [0, 0.05) is 19.4 Å². The van der Waals surface area contributed by atoms with Crippen LogP contribution in [-0.4, -0.2) is 17.5 Å². The maximum absolute atomic E-state index is 12.0. The first kappa shape index (κ1) is 19.4. The highest BCUT2D eigenvalue weighted by atomic mass is 16.2. The van der Waals surface area contributed by atoms with Gasteiger partial charge in [-0.25, -0.2) is 5.43 Å². The van der Waals surface area contributed by atoms with Crippen molar-refractivity contribution in [3.05, 3.63) is 71.8 Å². The fourth-order valence-corrected chi connectivity index (χ4v) is 2.43. The molecular weight excluding hydrogens is 326 g/mol. The number of carbonyl (C=O) groups is 2. The highest BCUT2D eigenvalue weighted by molar-refractivity contribution is 6.01. The highest BCUT2D eigenvalue weighted by Gasteiger charge is 2.08. The van der Waals surface area contributed by atoms with E-state index in [1.54, 1.807) is 0 Å². The lowest BCUT2D eigenvalue weighted by molar-refractivity contribution is -0.126. The Bertz CT molecular complexity index is 727. The second kappa shape index (κ2) is 10.8. The number of benzene rings is 2. The molecule has 2 rings (SSSR count). The molecule has 0 heterocycles. The number of amides is 2. The predicted octanol–water partition coefficient (Wildman–Crippen LogP) is 3.40. The van der Waals surface area contributed by atoms with Crippen molar-refractivity contribution in [2.45, 2.75) is 39.2 Å². The molecule has 0 spiro atoms. The SMILES string of the molecule is CCC/C(=N/NC(=O)CCC(=O)NCc1ccccc1)c1ccccc1. The largest absolute Gasteiger partial charge is 0.352 e. The van der Waals surface area contributed by atoms with Crippen LogP contribution in [-0.2, 0) is 16.1 Å². The van der Waals surface area contributed by atoms with Crippen LogP contribution in [0.5, 0.6) is 0 Å². The Hall–Kier alpha value is -2.95. The molecule has 136 valence electrons. The van der Waals surface area contributed by atoms with Gasteiger partial charge in [0.25, 0.3) is 0 Å². The molecule has 0 unspecified atom stereocenters. The van der Waals surface area contributed by atoms with Crippen LogP contribution in [0.3, 0.4) is 0 Å². The van der Waals surface area contributed by atoms with Gasteiger partial charge in [-0.1, -0.05) is 74.0 Å². The molecule has 2 aromatic rings. The van der Waals surface area contributed by atoms with E-state index in [2.05, 4.69) is 22.8 Å². The number of hydrazone groups is 1. The third-order valence-corrected chi connectivity index (χ3v) is 3.82. The fourth-order valence-electron chi connectivity index (χ4n) is 2.43. The van der Waals surface area contributed by atoms with Crippen LogP contribution < -0.4 is 10.7 Å².